The second-order valence-corrected chi connectivity index (χ2v) is 7.97. The smallest absolute Gasteiger partial charge is 0.205 e. The van der Waals surface area contributed by atoms with Crippen LogP contribution in [0.5, 0.6) is 17.2 Å². The fraction of sp³-hybridized carbons (Fsp3) is 0.115. The first-order valence-corrected chi connectivity index (χ1v) is 10.6. The molecule has 1 aromatic heterocycles. The molecular weight excluding hydrogens is 430 g/mol. The van der Waals surface area contributed by atoms with Crippen LogP contribution in [0.1, 0.15) is 28.3 Å². The number of phenols is 1. The van der Waals surface area contributed by atoms with E-state index in [-0.39, 0.29) is 24.2 Å². The number of phenolic OH excluding ortho intramolecular Hbond substituents is 1. The van der Waals surface area contributed by atoms with Crippen molar-refractivity contribution in [2.45, 2.75) is 19.4 Å². The molecule has 1 unspecified atom stereocenters. The molecule has 8 heteroatoms. The maximum absolute atomic E-state index is 10.1. The lowest BCUT2D eigenvalue weighted by Crippen LogP contribution is -2.21. The molecule has 1 aliphatic rings. The van der Waals surface area contributed by atoms with Crippen LogP contribution in [-0.2, 0) is 6.61 Å². The van der Waals surface area contributed by atoms with Crippen LogP contribution in [-0.4, -0.2) is 20.1 Å². The van der Waals surface area contributed by atoms with E-state index in [0.717, 1.165) is 16.7 Å². The van der Waals surface area contributed by atoms with E-state index in [1.807, 2.05) is 61.5 Å². The van der Waals surface area contributed by atoms with Gasteiger partial charge in [-0.1, -0.05) is 47.7 Å². The first-order chi connectivity index (χ1) is 16.5. The minimum Gasteiger partial charge on any atom is -0.506 e. The zero-order valence-electron chi connectivity index (χ0n) is 18.3. The Balaban J connectivity index is 1.37. The van der Waals surface area contributed by atoms with Gasteiger partial charge in [-0.2, -0.15) is 5.26 Å². The van der Waals surface area contributed by atoms with Gasteiger partial charge >= 0.3 is 0 Å². The summed E-state index contributed by atoms with van der Waals surface area (Å²) in [5.41, 5.74) is 10.4. The molecule has 0 aliphatic carbocycles. The Bertz CT molecular complexity index is 1440. The molecule has 8 nitrogen and oxygen atoms in total. The van der Waals surface area contributed by atoms with Crippen molar-refractivity contribution in [3.05, 3.63) is 107 Å². The summed E-state index contributed by atoms with van der Waals surface area (Å²) < 4.78 is 13.2. The van der Waals surface area contributed by atoms with Crippen molar-refractivity contribution in [3.63, 3.8) is 0 Å². The average molecular weight is 451 g/mol. The lowest BCUT2D eigenvalue weighted by Gasteiger charge is -2.26. The van der Waals surface area contributed by atoms with Gasteiger partial charge < -0.3 is 20.3 Å². The fourth-order valence-electron chi connectivity index (χ4n) is 3.97. The second-order valence-electron chi connectivity index (χ2n) is 7.97. The lowest BCUT2D eigenvalue weighted by atomic mass is 9.83. The number of ether oxygens (including phenoxy) is 2. The van der Waals surface area contributed by atoms with Gasteiger partial charge in [-0.05, 0) is 36.2 Å². The van der Waals surface area contributed by atoms with Crippen LogP contribution in [0.2, 0.25) is 0 Å². The van der Waals surface area contributed by atoms with Gasteiger partial charge in [0.15, 0.2) is 0 Å². The molecule has 2 heterocycles. The van der Waals surface area contributed by atoms with Crippen LogP contribution < -0.4 is 15.2 Å². The number of nitriles is 1. The summed E-state index contributed by atoms with van der Waals surface area (Å²) in [7, 11) is 0. The zero-order valence-corrected chi connectivity index (χ0v) is 18.3. The van der Waals surface area contributed by atoms with Gasteiger partial charge in [0, 0.05) is 11.6 Å². The summed E-state index contributed by atoms with van der Waals surface area (Å²) in [6.45, 7) is 2.11. The Hall–Kier alpha value is -4.77. The van der Waals surface area contributed by atoms with E-state index in [0.29, 0.717) is 28.5 Å². The van der Waals surface area contributed by atoms with Crippen LogP contribution in [0.15, 0.2) is 84.4 Å². The Morgan fingerprint density at radius 2 is 1.97 bits per heavy atom. The van der Waals surface area contributed by atoms with E-state index in [4.69, 9.17) is 15.2 Å². The Morgan fingerprint density at radius 3 is 2.76 bits per heavy atom. The minimum atomic E-state index is -0.314. The van der Waals surface area contributed by atoms with Gasteiger partial charge in [0.2, 0.25) is 5.88 Å². The van der Waals surface area contributed by atoms with E-state index >= 15 is 0 Å². The zero-order chi connectivity index (χ0) is 23.7. The number of hydrogen-bond donors (Lipinski definition) is 2. The number of benzene rings is 3. The summed E-state index contributed by atoms with van der Waals surface area (Å²) in [5.74, 6) is 0.987. The normalized spacial score (nSPS) is 14.8. The van der Waals surface area contributed by atoms with Gasteiger partial charge in [-0.25, -0.2) is 4.68 Å². The van der Waals surface area contributed by atoms with Crippen molar-refractivity contribution in [1.29, 1.82) is 5.26 Å². The second kappa shape index (κ2) is 8.64. The van der Waals surface area contributed by atoms with Crippen LogP contribution in [0.3, 0.4) is 0 Å². The lowest BCUT2D eigenvalue weighted by molar-refractivity contribution is 0.298. The van der Waals surface area contributed by atoms with Gasteiger partial charge in [-0.15, -0.1) is 5.10 Å². The van der Waals surface area contributed by atoms with Gasteiger partial charge in [0.25, 0.3) is 0 Å². The largest absolute Gasteiger partial charge is 0.506 e. The molecule has 34 heavy (non-hydrogen) atoms. The first kappa shape index (κ1) is 21.1. The van der Waals surface area contributed by atoms with Crippen LogP contribution in [0.25, 0.3) is 5.69 Å². The summed E-state index contributed by atoms with van der Waals surface area (Å²) in [5, 5.41) is 28.0. The van der Waals surface area contributed by atoms with E-state index in [2.05, 4.69) is 16.4 Å². The standard InChI is InChI=1S/C26H21N5O3/c1-16-7-10-23(32)22(11-16)31-14-18(29-30-31)15-33-19-8-9-20-24(12-19)34-26(28)21(13-27)25(20)17-5-3-2-4-6-17/h2-12,14,25,32H,15,28H2,1H3. The van der Waals surface area contributed by atoms with Crippen LogP contribution >= 0.6 is 0 Å². The number of nitrogens with two attached hydrogens (primary N) is 1. The van der Waals surface area contributed by atoms with Crippen molar-refractivity contribution in [3.8, 4) is 29.0 Å². The van der Waals surface area contributed by atoms with Crippen molar-refractivity contribution in [2.75, 3.05) is 0 Å². The third kappa shape index (κ3) is 3.91. The van der Waals surface area contributed by atoms with E-state index in [9.17, 15) is 10.4 Å². The number of rotatable bonds is 5. The van der Waals surface area contributed by atoms with Gasteiger partial charge in [-0.3, -0.25) is 0 Å². The van der Waals surface area contributed by atoms with Gasteiger partial charge in [0.05, 0.1) is 12.1 Å². The Morgan fingerprint density at radius 1 is 1.15 bits per heavy atom. The molecule has 3 N–H and O–H groups in total. The number of aryl methyl sites for hydroxylation is 1. The number of nitrogens with zero attached hydrogens (tertiary/aromatic N) is 4. The predicted molar refractivity (Wildman–Crippen MR) is 124 cm³/mol. The molecule has 0 amide bonds. The number of aromatic nitrogens is 3. The molecule has 0 spiro atoms. The molecule has 4 aromatic rings. The average Bonchev–Trinajstić information content (AvgIpc) is 3.32. The Kier molecular flexibility index (Phi) is 5.36. The number of fused-ring (bicyclic) bond motifs is 1. The fourth-order valence-corrected chi connectivity index (χ4v) is 3.97. The molecule has 0 fully saturated rings. The van der Waals surface area contributed by atoms with E-state index in [1.165, 1.54) is 4.68 Å². The summed E-state index contributed by atoms with van der Waals surface area (Å²) in [4.78, 5) is 0. The summed E-state index contributed by atoms with van der Waals surface area (Å²) in [6, 6.07) is 22.6. The molecule has 1 aliphatic heterocycles. The highest BCUT2D eigenvalue weighted by Gasteiger charge is 2.30. The highest BCUT2D eigenvalue weighted by molar-refractivity contribution is 5.57. The minimum absolute atomic E-state index is 0.0851. The van der Waals surface area contributed by atoms with Crippen molar-refractivity contribution in [2.24, 2.45) is 5.73 Å². The molecule has 1 atom stereocenters. The maximum atomic E-state index is 10.1. The predicted octanol–water partition coefficient (Wildman–Crippen LogP) is 4.08. The van der Waals surface area contributed by atoms with Crippen LogP contribution in [0, 0.1) is 18.3 Å². The van der Waals surface area contributed by atoms with E-state index in [1.54, 1.807) is 18.3 Å². The maximum Gasteiger partial charge on any atom is 0.205 e. The van der Waals surface area contributed by atoms with Crippen molar-refractivity contribution in [1.82, 2.24) is 15.0 Å². The number of allylic oxidation sites excluding steroid dienone is 1. The molecule has 5 rings (SSSR count). The quantitative estimate of drug-likeness (QED) is 0.469. The van der Waals surface area contributed by atoms with Crippen LogP contribution in [0.4, 0.5) is 0 Å². The third-order valence-electron chi connectivity index (χ3n) is 5.63. The molecule has 0 radical (unpaired) electrons. The Labute approximate surface area is 196 Å². The SMILES string of the molecule is Cc1ccc(O)c(-n2cc(COc3ccc4c(c3)OC(N)=C(C#N)C4c3ccccc3)nn2)c1. The molecule has 0 bridgehead atoms. The third-order valence-corrected chi connectivity index (χ3v) is 5.63. The monoisotopic (exact) mass is 451 g/mol. The van der Waals surface area contributed by atoms with Gasteiger partial charge in [0.1, 0.15) is 46.9 Å². The van der Waals surface area contributed by atoms with E-state index < -0.39 is 0 Å². The highest BCUT2D eigenvalue weighted by Crippen LogP contribution is 2.43. The highest BCUT2D eigenvalue weighted by atomic mass is 16.5. The molecular formula is C26H21N5O3. The number of hydrogen-bond acceptors (Lipinski definition) is 7. The summed E-state index contributed by atoms with van der Waals surface area (Å²) >= 11 is 0. The van der Waals surface area contributed by atoms with Crippen molar-refractivity contribution >= 4 is 0 Å². The molecule has 0 saturated heterocycles. The molecule has 3 aromatic carbocycles. The summed E-state index contributed by atoms with van der Waals surface area (Å²) in [6.07, 6.45) is 1.70. The van der Waals surface area contributed by atoms with Crippen molar-refractivity contribution < 1.29 is 14.6 Å². The molecule has 168 valence electrons. The molecule has 0 saturated carbocycles. The number of aromatic hydroxyl groups is 1. The first-order valence-electron chi connectivity index (χ1n) is 10.6. The topological polar surface area (TPSA) is 119 Å².